The molecular formula is C13H10FN3O3. The van der Waals surface area contributed by atoms with E-state index in [1.165, 1.54) is 30.3 Å². The van der Waals surface area contributed by atoms with Gasteiger partial charge >= 0.3 is 0 Å². The number of non-ortho nitro benzene ring substituents is 1. The minimum absolute atomic E-state index is 0.0246. The van der Waals surface area contributed by atoms with Gasteiger partial charge in [0.15, 0.2) is 0 Å². The van der Waals surface area contributed by atoms with Gasteiger partial charge in [-0.3, -0.25) is 14.9 Å². The van der Waals surface area contributed by atoms with Gasteiger partial charge in [-0.1, -0.05) is 12.1 Å². The molecule has 1 amide bonds. The van der Waals surface area contributed by atoms with E-state index in [1.54, 1.807) is 6.07 Å². The van der Waals surface area contributed by atoms with Crippen molar-refractivity contribution < 1.29 is 14.1 Å². The SMILES string of the molecule is Nc1ccc([N+](=O)[O-])cc1C(=O)Nc1ccccc1F. The Kier molecular flexibility index (Phi) is 3.60. The van der Waals surface area contributed by atoms with Gasteiger partial charge in [-0.15, -0.1) is 0 Å². The van der Waals surface area contributed by atoms with Crippen LogP contribution in [0.2, 0.25) is 0 Å². The highest BCUT2D eigenvalue weighted by molar-refractivity contribution is 6.08. The Hall–Kier alpha value is -2.96. The standard InChI is InChI=1S/C13H10FN3O3/c14-10-3-1-2-4-12(10)16-13(18)9-7-8(17(19)20)5-6-11(9)15/h1-7H,15H2,(H,16,18). The van der Waals surface area contributed by atoms with Crippen LogP contribution in [0.15, 0.2) is 42.5 Å². The maximum absolute atomic E-state index is 13.4. The first kappa shape index (κ1) is 13.5. The summed E-state index contributed by atoms with van der Waals surface area (Å²) in [5.74, 6) is -1.32. The lowest BCUT2D eigenvalue weighted by atomic mass is 10.1. The molecule has 0 aliphatic carbocycles. The number of hydrogen-bond donors (Lipinski definition) is 2. The number of nitro groups is 1. The number of carbonyl (C=O) groups is 1. The van der Waals surface area contributed by atoms with Gasteiger partial charge in [0, 0.05) is 17.8 Å². The molecule has 2 aromatic rings. The number of rotatable bonds is 3. The summed E-state index contributed by atoms with van der Waals surface area (Å²) in [6.45, 7) is 0. The topological polar surface area (TPSA) is 98.3 Å². The van der Waals surface area contributed by atoms with E-state index in [2.05, 4.69) is 5.32 Å². The minimum atomic E-state index is -0.712. The van der Waals surface area contributed by atoms with E-state index >= 15 is 0 Å². The zero-order chi connectivity index (χ0) is 14.7. The van der Waals surface area contributed by atoms with E-state index in [9.17, 15) is 19.3 Å². The van der Waals surface area contributed by atoms with Gasteiger partial charge in [-0.25, -0.2) is 4.39 Å². The van der Waals surface area contributed by atoms with Crippen LogP contribution in [0.25, 0.3) is 0 Å². The number of benzene rings is 2. The molecule has 7 heteroatoms. The molecule has 0 spiro atoms. The molecule has 0 bridgehead atoms. The Bertz CT molecular complexity index is 688. The van der Waals surface area contributed by atoms with Crippen molar-refractivity contribution in [2.75, 3.05) is 11.1 Å². The van der Waals surface area contributed by atoms with Crippen LogP contribution in [0.3, 0.4) is 0 Å². The highest BCUT2D eigenvalue weighted by Crippen LogP contribution is 2.21. The summed E-state index contributed by atoms with van der Waals surface area (Å²) in [5.41, 5.74) is 5.31. The Morgan fingerprint density at radius 1 is 1.25 bits per heavy atom. The number of nitro benzene ring substituents is 1. The van der Waals surface area contributed by atoms with E-state index in [0.717, 1.165) is 6.07 Å². The Balaban J connectivity index is 2.32. The van der Waals surface area contributed by atoms with Crippen LogP contribution in [0, 0.1) is 15.9 Å². The molecule has 3 N–H and O–H groups in total. The average molecular weight is 275 g/mol. The van der Waals surface area contributed by atoms with Gasteiger partial charge in [0.2, 0.25) is 0 Å². The minimum Gasteiger partial charge on any atom is -0.398 e. The first-order valence-electron chi connectivity index (χ1n) is 5.59. The van der Waals surface area contributed by atoms with Crippen molar-refractivity contribution in [1.82, 2.24) is 0 Å². The fourth-order valence-electron chi connectivity index (χ4n) is 1.61. The molecule has 0 fully saturated rings. The summed E-state index contributed by atoms with van der Waals surface area (Å²) < 4.78 is 13.4. The first-order chi connectivity index (χ1) is 9.49. The van der Waals surface area contributed by atoms with Crippen molar-refractivity contribution in [2.24, 2.45) is 0 Å². The number of halogens is 1. The van der Waals surface area contributed by atoms with Gasteiger partial charge < -0.3 is 11.1 Å². The summed E-state index contributed by atoms with van der Waals surface area (Å²) in [4.78, 5) is 22.0. The Labute approximate surface area is 113 Å². The lowest BCUT2D eigenvalue weighted by Crippen LogP contribution is -2.15. The molecule has 6 nitrogen and oxygen atoms in total. The van der Waals surface area contributed by atoms with Crippen LogP contribution < -0.4 is 11.1 Å². The first-order valence-corrected chi connectivity index (χ1v) is 5.59. The van der Waals surface area contributed by atoms with Gasteiger partial charge in [-0.05, 0) is 18.2 Å². The molecule has 0 atom stereocenters. The summed E-state index contributed by atoms with van der Waals surface area (Å²) in [5, 5.41) is 13.0. The third-order valence-corrected chi connectivity index (χ3v) is 2.61. The molecule has 2 rings (SSSR count). The third kappa shape index (κ3) is 2.72. The molecular weight excluding hydrogens is 265 g/mol. The number of nitrogens with one attached hydrogen (secondary N) is 1. The zero-order valence-corrected chi connectivity index (χ0v) is 10.2. The van der Waals surface area contributed by atoms with E-state index in [1.807, 2.05) is 0 Å². The van der Waals surface area contributed by atoms with Crippen LogP contribution in [-0.2, 0) is 0 Å². The van der Waals surface area contributed by atoms with E-state index in [4.69, 9.17) is 5.73 Å². The molecule has 2 aromatic carbocycles. The van der Waals surface area contributed by atoms with Crippen molar-refractivity contribution >= 4 is 23.0 Å². The second-order valence-electron chi connectivity index (χ2n) is 3.96. The average Bonchev–Trinajstić information content (AvgIpc) is 2.41. The number of nitrogens with zero attached hydrogens (tertiary/aromatic N) is 1. The number of amides is 1. The highest BCUT2D eigenvalue weighted by Gasteiger charge is 2.16. The molecule has 102 valence electrons. The second-order valence-corrected chi connectivity index (χ2v) is 3.96. The monoisotopic (exact) mass is 275 g/mol. The largest absolute Gasteiger partial charge is 0.398 e. The summed E-state index contributed by atoms with van der Waals surface area (Å²) in [7, 11) is 0. The maximum Gasteiger partial charge on any atom is 0.270 e. The maximum atomic E-state index is 13.4. The molecule has 0 aromatic heterocycles. The number of carbonyl (C=O) groups excluding carboxylic acids is 1. The van der Waals surface area contributed by atoms with Gasteiger partial charge in [0.25, 0.3) is 11.6 Å². The molecule has 0 saturated carbocycles. The van der Waals surface area contributed by atoms with Gasteiger partial charge in [0.1, 0.15) is 5.82 Å². The van der Waals surface area contributed by atoms with Crippen molar-refractivity contribution in [3.8, 4) is 0 Å². The molecule has 0 aliphatic heterocycles. The summed E-state index contributed by atoms with van der Waals surface area (Å²) >= 11 is 0. The molecule has 0 aliphatic rings. The molecule has 0 heterocycles. The highest BCUT2D eigenvalue weighted by atomic mass is 19.1. The molecule has 0 saturated heterocycles. The zero-order valence-electron chi connectivity index (χ0n) is 10.2. The normalized spacial score (nSPS) is 10.1. The second kappa shape index (κ2) is 5.35. The lowest BCUT2D eigenvalue weighted by Gasteiger charge is -2.08. The molecule has 0 unspecified atom stereocenters. The summed E-state index contributed by atoms with van der Waals surface area (Å²) in [6.07, 6.45) is 0. The number of hydrogen-bond acceptors (Lipinski definition) is 4. The number of para-hydroxylation sites is 1. The fourth-order valence-corrected chi connectivity index (χ4v) is 1.61. The fraction of sp³-hybridized carbons (Fsp3) is 0. The van der Waals surface area contributed by atoms with Crippen molar-refractivity contribution in [1.29, 1.82) is 0 Å². The Morgan fingerprint density at radius 2 is 1.95 bits per heavy atom. The van der Waals surface area contributed by atoms with Crippen molar-refractivity contribution in [3.05, 3.63) is 64.0 Å². The predicted octanol–water partition coefficient (Wildman–Crippen LogP) is 2.57. The van der Waals surface area contributed by atoms with Crippen LogP contribution in [-0.4, -0.2) is 10.8 Å². The predicted molar refractivity (Wildman–Crippen MR) is 71.9 cm³/mol. The summed E-state index contributed by atoms with van der Waals surface area (Å²) in [6, 6.07) is 9.09. The van der Waals surface area contributed by atoms with Crippen molar-refractivity contribution in [2.45, 2.75) is 0 Å². The number of anilines is 2. The number of nitrogens with two attached hydrogens (primary N) is 1. The number of nitrogen functional groups attached to an aromatic ring is 1. The quantitative estimate of drug-likeness (QED) is 0.511. The van der Waals surface area contributed by atoms with E-state index in [-0.39, 0.29) is 22.6 Å². The lowest BCUT2D eigenvalue weighted by molar-refractivity contribution is -0.384. The van der Waals surface area contributed by atoms with Crippen LogP contribution in [0.1, 0.15) is 10.4 Å². The third-order valence-electron chi connectivity index (χ3n) is 2.61. The smallest absolute Gasteiger partial charge is 0.270 e. The van der Waals surface area contributed by atoms with Crippen LogP contribution >= 0.6 is 0 Å². The van der Waals surface area contributed by atoms with E-state index < -0.39 is 16.6 Å². The van der Waals surface area contributed by atoms with Crippen molar-refractivity contribution in [3.63, 3.8) is 0 Å². The Morgan fingerprint density at radius 3 is 2.60 bits per heavy atom. The van der Waals surface area contributed by atoms with Gasteiger partial charge in [0.05, 0.1) is 16.2 Å². The van der Waals surface area contributed by atoms with E-state index in [0.29, 0.717) is 0 Å². The molecule has 20 heavy (non-hydrogen) atoms. The van der Waals surface area contributed by atoms with Crippen LogP contribution in [0.4, 0.5) is 21.5 Å². The van der Waals surface area contributed by atoms with Crippen LogP contribution in [0.5, 0.6) is 0 Å². The van der Waals surface area contributed by atoms with Gasteiger partial charge in [-0.2, -0.15) is 0 Å². The molecule has 0 radical (unpaired) electrons.